The predicted molar refractivity (Wildman–Crippen MR) is 101 cm³/mol. The van der Waals surface area contributed by atoms with E-state index in [4.69, 9.17) is 16.0 Å². The second kappa shape index (κ2) is 7.72. The van der Waals surface area contributed by atoms with Crippen LogP contribution < -0.4 is 10.6 Å². The van der Waals surface area contributed by atoms with Crippen molar-refractivity contribution in [3.05, 3.63) is 70.9 Å². The van der Waals surface area contributed by atoms with Crippen molar-refractivity contribution < 1.29 is 9.21 Å². The Morgan fingerprint density at radius 1 is 1.08 bits per heavy atom. The van der Waals surface area contributed by atoms with Crippen LogP contribution in [0.3, 0.4) is 0 Å². The molecule has 0 radical (unpaired) electrons. The van der Waals surface area contributed by atoms with E-state index in [0.29, 0.717) is 5.02 Å². The zero-order valence-electron chi connectivity index (χ0n) is 14.3. The Labute approximate surface area is 152 Å². The molecule has 130 valence electrons. The first-order chi connectivity index (χ1) is 12.0. The molecule has 1 aromatic heterocycles. The van der Waals surface area contributed by atoms with Crippen molar-refractivity contribution in [2.45, 2.75) is 25.9 Å². The summed E-state index contributed by atoms with van der Waals surface area (Å²) in [5, 5.41) is 7.87. The summed E-state index contributed by atoms with van der Waals surface area (Å²) in [5.74, 6) is 0.653. The summed E-state index contributed by atoms with van der Waals surface area (Å²) in [6, 6.07) is 17.2. The van der Waals surface area contributed by atoms with Gasteiger partial charge in [-0.3, -0.25) is 4.79 Å². The highest BCUT2D eigenvalue weighted by Gasteiger charge is 2.15. The Morgan fingerprint density at radius 3 is 2.56 bits per heavy atom. The van der Waals surface area contributed by atoms with Crippen LogP contribution in [0.4, 0.5) is 0 Å². The highest BCUT2D eigenvalue weighted by molar-refractivity contribution is 6.31. The SMILES string of the molecule is C[C@H](NC(=O)CN[C@H](C)c1ccccc1Cl)c1cc2ccccc2o1. The van der Waals surface area contributed by atoms with Crippen LogP contribution in [-0.4, -0.2) is 12.5 Å². The number of amides is 1. The van der Waals surface area contributed by atoms with Gasteiger partial charge in [-0.1, -0.05) is 48.0 Å². The molecule has 1 heterocycles. The number of rotatable bonds is 6. The molecule has 0 aliphatic heterocycles. The zero-order chi connectivity index (χ0) is 17.8. The van der Waals surface area contributed by atoms with E-state index in [9.17, 15) is 4.79 Å². The lowest BCUT2D eigenvalue weighted by Gasteiger charge is -2.17. The molecule has 0 unspecified atom stereocenters. The molecule has 0 spiro atoms. The van der Waals surface area contributed by atoms with E-state index >= 15 is 0 Å². The Hall–Kier alpha value is -2.30. The van der Waals surface area contributed by atoms with E-state index in [1.807, 2.05) is 68.4 Å². The number of fused-ring (bicyclic) bond motifs is 1. The third-order valence-corrected chi connectivity index (χ3v) is 4.53. The summed E-state index contributed by atoms with van der Waals surface area (Å²) in [6.07, 6.45) is 0. The van der Waals surface area contributed by atoms with Gasteiger partial charge in [-0.15, -0.1) is 0 Å². The van der Waals surface area contributed by atoms with Crippen molar-refractivity contribution in [3.8, 4) is 0 Å². The maximum Gasteiger partial charge on any atom is 0.234 e. The van der Waals surface area contributed by atoms with Gasteiger partial charge in [-0.25, -0.2) is 0 Å². The second-order valence-corrected chi connectivity index (χ2v) is 6.51. The van der Waals surface area contributed by atoms with Crippen molar-refractivity contribution in [1.82, 2.24) is 10.6 Å². The smallest absolute Gasteiger partial charge is 0.234 e. The standard InChI is InChI=1S/C20H21ClN2O2/c1-13(16-8-4-5-9-17(16)21)22-12-20(24)23-14(2)19-11-15-7-3-6-10-18(15)25-19/h3-11,13-14,22H,12H2,1-2H3,(H,23,24)/t13-,14+/m1/s1. The lowest BCUT2D eigenvalue weighted by Crippen LogP contribution is -2.36. The third-order valence-electron chi connectivity index (χ3n) is 4.19. The molecular formula is C20H21ClN2O2. The summed E-state index contributed by atoms with van der Waals surface area (Å²) in [5.41, 5.74) is 1.80. The summed E-state index contributed by atoms with van der Waals surface area (Å²) < 4.78 is 5.79. The number of benzene rings is 2. The summed E-state index contributed by atoms with van der Waals surface area (Å²) >= 11 is 6.18. The molecule has 3 rings (SSSR count). The van der Waals surface area contributed by atoms with Gasteiger partial charge in [0, 0.05) is 16.5 Å². The normalized spacial score (nSPS) is 13.6. The molecule has 0 saturated carbocycles. The van der Waals surface area contributed by atoms with Crippen LogP contribution in [0.5, 0.6) is 0 Å². The Bertz CT molecular complexity index is 842. The highest BCUT2D eigenvalue weighted by Crippen LogP contribution is 2.24. The fourth-order valence-electron chi connectivity index (χ4n) is 2.76. The first-order valence-electron chi connectivity index (χ1n) is 8.30. The zero-order valence-corrected chi connectivity index (χ0v) is 15.0. The average molecular weight is 357 g/mol. The van der Waals surface area contributed by atoms with Gasteiger partial charge in [0.15, 0.2) is 0 Å². The van der Waals surface area contributed by atoms with Crippen LogP contribution in [0, 0.1) is 0 Å². The van der Waals surface area contributed by atoms with Gasteiger partial charge in [-0.2, -0.15) is 0 Å². The maximum absolute atomic E-state index is 12.2. The van der Waals surface area contributed by atoms with Crippen molar-refractivity contribution in [3.63, 3.8) is 0 Å². The number of para-hydroxylation sites is 1. The van der Waals surface area contributed by atoms with E-state index < -0.39 is 0 Å². The molecule has 25 heavy (non-hydrogen) atoms. The van der Waals surface area contributed by atoms with Crippen molar-refractivity contribution in [2.75, 3.05) is 6.54 Å². The Balaban J connectivity index is 1.56. The number of nitrogens with one attached hydrogen (secondary N) is 2. The molecule has 0 fully saturated rings. The van der Waals surface area contributed by atoms with Crippen molar-refractivity contribution in [1.29, 1.82) is 0 Å². The molecule has 2 N–H and O–H groups in total. The van der Waals surface area contributed by atoms with Crippen LogP contribution in [0.1, 0.15) is 37.3 Å². The fourth-order valence-corrected chi connectivity index (χ4v) is 3.06. The maximum atomic E-state index is 12.2. The van der Waals surface area contributed by atoms with Crippen LogP contribution in [0.15, 0.2) is 59.0 Å². The summed E-state index contributed by atoms with van der Waals surface area (Å²) in [7, 11) is 0. The molecule has 3 aromatic rings. The minimum absolute atomic E-state index is 0.0130. The van der Waals surface area contributed by atoms with Gasteiger partial charge >= 0.3 is 0 Å². The minimum Gasteiger partial charge on any atom is -0.459 e. The van der Waals surface area contributed by atoms with Crippen molar-refractivity contribution >= 4 is 28.5 Å². The van der Waals surface area contributed by atoms with Crippen LogP contribution in [-0.2, 0) is 4.79 Å². The monoisotopic (exact) mass is 356 g/mol. The van der Waals surface area contributed by atoms with Gasteiger partial charge in [0.2, 0.25) is 5.91 Å². The largest absolute Gasteiger partial charge is 0.459 e. The Kier molecular flexibility index (Phi) is 5.41. The quantitative estimate of drug-likeness (QED) is 0.677. The van der Waals surface area contributed by atoms with Gasteiger partial charge in [0.1, 0.15) is 11.3 Å². The molecule has 0 aliphatic carbocycles. The topological polar surface area (TPSA) is 54.3 Å². The van der Waals surface area contributed by atoms with Crippen LogP contribution in [0.2, 0.25) is 5.02 Å². The third kappa shape index (κ3) is 4.21. The first-order valence-corrected chi connectivity index (χ1v) is 8.68. The van der Waals surface area contributed by atoms with Gasteiger partial charge in [0.05, 0.1) is 12.6 Å². The molecule has 0 aliphatic rings. The van der Waals surface area contributed by atoms with E-state index in [0.717, 1.165) is 22.3 Å². The number of carbonyl (C=O) groups is 1. The predicted octanol–water partition coefficient (Wildman–Crippen LogP) is 4.61. The molecule has 2 atom stereocenters. The van der Waals surface area contributed by atoms with Gasteiger partial charge in [-0.05, 0) is 37.6 Å². The molecule has 2 aromatic carbocycles. The number of hydrogen-bond donors (Lipinski definition) is 2. The average Bonchev–Trinajstić information content (AvgIpc) is 3.04. The van der Waals surface area contributed by atoms with E-state index in [1.165, 1.54) is 0 Å². The van der Waals surface area contributed by atoms with Gasteiger partial charge in [0.25, 0.3) is 0 Å². The molecule has 4 nitrogen and oxygen atoms in total. The van der Waals surface area contributed by atoms with Crippen LogP contribution in [0.25, 0.3) is 11.0 Å². The number of hydrogen-bond acceptors (Lipinski definition) is 3. The lowest BCUT2D eigenvalue weighted by molar-refractivity contribution is -0.121. The fraction of sp³-hybridized carbons (Fsp3) is 0.250. The molecule has 0 bridgehead atoms. The molecular weight excluding hydrogens is 336 g/mol. The van der Waals surface area contributed by atoms with Crippen molar-refractivity contribution in [2.24, 2.45) is 0 Å². The summed E-state index contributed by atoms with van der Waals surface area (Å²) in [6.45, 7) is 4.10. The molecule has 5 heteroatoms. The lowest BCUT2D eigenvalue weighted by atomic mass is 10.1. The van der Waals surface area contributed by atoms with Gasteiger partial charge < -0.3 is 15.1 Å². The van der Waals surface area contributed by atoms with Crippen LogP contribution >= 0.6 is 11.6 Å². The molecule has 1 amide bonds. The van der Waals surface area contributed by atoms with E-state index in [2.05, 4.69) is 10.6 Å². The summed E-state index contributed by atoms with van der Waals surface area (Å²) in [4.78, 5) is 12.2. The number of carbonyl (C=O) groups excluding carboxylic acids is 1. The number of furan rings is 1. The second-order valence-electron chi connectivity index (χ2n) is 6.10. The first kappa shape index (κ1) is 17.5. The number of halogens is 1. The molecule has 0 saturated heterocycles. The Morgan fingerprint density at radius 2 is 1.80 bits per heavy atom. The highest BCUT2D eigenvalue weighted by atomic mass is 35.5. The van der Waals surface area contributed by atoms with E-state index in [-0.39, 0.29) is 24.5 Å². The minimum atomic E-state index is -0.197. The van der Waals surface area contributed by atoms with E-state index in [1.54, 1.807) is 0 Å².